The molecule has 1 N–H and O–H groups in total. The Morgan fingerprint density at radius 1 is 1.54 bits per heavy atom. The monoisotopic (exact) mass is 221 g/mol. The molecule has 70 valence electrons. The van der Waals surface area contributed by atoms with Crippen molar-refractivity contribution in [2.75, 3.05) is 7.11 Å². The Labute approximate surface area is 85.7 Å². The maximum absolute atomic E-state index is 8.52. The third kappa shape index (κ3) is 2.40. The fourth-order valence-corrected chi connectivity index (χ4v) is 1.03. The molecule has 13 heavy (non-hydrogen) atoms. The van der Waals surface area contributed by atoms with Gasteiger partial charge in [-0.05, 0) is 0 Å². The first-order valence-corrected chi connectivity index (χ1v) is 4.08. The summed E-state index contributed by atoms with van der Waals surface area (Å²) < 4.78 is 9.63. The van der Waals surface area contributed by atoms with Crippen LogP contribution in [0.3, 0.4) is 0 Å². The maximum Gasteiger partial charge on any atom is 0.504 e. The van der Waals surface area contributed by atoms with Gasteiger partial charge in [-0.1, -0.05) is 23.2 Å². The van der Waals surface area contributed by atoms with Crippen LogP contribution in [0, 0.1) is 0 Å². The van der Waals surface area contributed by atoms with Crippen molar-refractivity contribution in [3.8, 4) is 11.6 Å². The van der Waals surface area contributed by atoms with Crippen LogP contribution in [0.1, 0.15) is 0 Å². The largest absolute Gasteiger partial charge is 0.535 e. The summed E-state index contributed by atoms with van der Waals surface area (Å²) in [5.74, 6) is 0.433. The van der Waals surface area contributed by atoms with Gasteiger partial charge in [0.1, 0.15) is 0 Å². The van der Waals surface area contributed by atoms with Gasteiger partial charge in [0.2, 0.25) is 0 Å². The molecule has 0 radical (unpaired) electrons. The second kappa shape index (κ2) is 4.55. The van der Waals surface area contributed by atoms with Crippen LogP contribution in [0.5, 0.6) is 11.6 Å². The number of halogens is 2. The quantitative estimate of drug-likeness (QED) is 0.612. The van der Waals surface area contributed by atoms with Gasteiger partial charge in [0, 0.05) is 6.07 Å². The zero-order valence-electron chi connectivity index (χ0n) is 6.75. The summed E-state index contributed by atoms with van der Waals surface area (Å²) in [6.45, 7) is 0. The molecule has 0 bridgehead atoms. The molecule has 1 heterocycles. The molecule has 0 atom stereocenters. The highest BCUT2D eigenvalue weighted by Crippen LogP contribution is 2.31. The lowest BCUT2D eigenvalue weighted by molar-refractivity contribution is 0.367. The normalized spacial score (nSPS) is 9.54. The molecule has 0 fully saturated rings. The Morgan fingerprint density at radius 2 is 2.23 bits per heavy atom. The lowest BCUT2D eigenvalue weighted by Crippen LogP contribution is -2.03. The van der Waals surface area contributed by atoms with Gasteiger partial charge in [0.15, 0.2) is 10.9 Å². The van der Waals surface area contributed by atoms with Gasteiger partial charge in [-0.15, -0.1) is 0 Å². The molecule has 0 aliphatic rings. The minimum atomic E-state index is -0.476. The van der Waals surface area contributed by atoms with Crippen LogP contribution in [0.15, 0.2) is 6.07 Å². The molecule has 0 saturated carbocycles. The molecule has 0 amide bonds. The molecule has 0 aromatic carbocycles. The van der Waals surface area contributed by atoms with Gasteiger partial charge >= 0.3 is 7.69 Å². The Morgan fingerprint density at radius 3 is 2.77 bits per heavy atom. The van der Waals surface area contributed by atoms with E-state index in [0.29, 0.717) is 0 Å². The highest BCUT2D eigenvalue weighted by atomic mass is 35.5. The molecule has 0 saturated heterocycles. The zero-order valence-corrected chi connectivity index (χ0v) is 8.26. The molecular formula is C6H6BCl2NO3. The van der Waals surface area contributed by atoms with Gasteiger partial charge < -0.3 is 14.4 Å². The third-order valence-corrected chi connectivity index (χ3v) is 1.95. The number of hydrogen-bond acceptors (Lipinski definition) is 4. The summed E-state index contributed by atoms with van der Waals surface area (Å²) in [7, 11) is 0.937. The van der Waals surface area contributed by atoms with Crippen molar-refractivity contribution in [1.82, 2.24) is 4.98 Å². The van der Waals surface area contributed by atoms with Crippen LogP contribution < -0.4 is 9.39 Å². The van der Waals surface area contributed by atoms with Crippen molar-refractivity contribution in [1.29, 1.82) is 0 Å². The molecular weight excluding hydrogens is 216 g/mol. The van der Waals surface area contributed by atoms with Crippen molar-refractivity contribution in [2.45, 2.75) is 0 Å². The second-order valence-electron chi connectivity index (χ2n) is 2.04. The Bertz CT molecular complexity index is 310. The Hall–Kier alpha value is -0.645. The van der Waals surface area contributed by atoms with Gasteiger partial charge in [-0.3, -0.25) is 0 Å². The van der Waals surface area contributed by atoms with E-state index in [9.17, 15) is 0 Å². The number of rotatable bonds is 3. The second-order valence-corrected chi connectivity index (χ2v) is 2.81. The summed E-state index contributed by atoms with van der Waals surface area (Å²) in [5, 5.41) is 8.89. The van der Waals surface area contributed by atoms with Crippen LogP contribution in [0.2, 0.25) is 10.2 Å². The predicted octanol–water partition coefficient (Wildman–Crippen LogP) is 1.03. The molecule has 1 aromatic heterocycles. The molecule has 4 nitrogen and oxygen atoms in total. The van der Waals surface area contributed by atoms with Crippen molar-refractivity contribution in [3.05, 3.63) is 16.2 Å². The number of ether oxygens (including phenoxy) is 1. The minimum Gasteiger partial charge on any atom is -0.535 e. The van der Waals surface area contributed by atoms with Crippen LogP contribution >= 0.6 is 23.2 Å². The van der Waals surface area contributed by atoms with Crippen LogP contribution in [-0.2, 0) is 0 Å². The molecule has 0 unspecified atom stereocenters. The summed E-state index contributed by atoms with van der Waals surface area (Å²) in [5.41, 5.74) is 0. The van der Waals surface area contributed by atoms with E-state index in [1.165, 1.54) is 13.2 Å². The fraction of sp³-hybridized carbons (Fsp3) is 0.167. The average Bonchev–Trinajstić information content (AvgIpc) is 2.11. The number of nitrogens with zero attached hydrogens (tertiary/aromatic N) is 1. The molecule has 1 aromatic rings. The van der Waals surface area contributed by atoms with E-state index < -0.39 is 7.69 Å². The number of aromatic nitrogens is 1. The minimum absolute atomic E-state index is 0.129. The topological polar surface area (TPSA) is 51.6 Å². The van der Waals surface area contributed by atoms with Gasteiger partial charge in [0.05, 0.1) is 12.1 Å². The predicted molar refractivity (Wildman–Crippen MR) is 50.8 cm³/mol. The highest BCUT2D eigenvalue weighted by Gasteiger charge is 2.10. The molecule has 1 rings (SSSR count). The van der Waals surface area contributed by atoms with Crippen molar-refractivity contribution >= 4 is 30.9 Å². The molecule has 7 heteroatoms. The van der Waals surface area contributed by atoms with Crippen LogP contribution in [0.25, 0.3) is 0 Å². The zero-order chi connectivity index (χ0) is 9.84. The van der Waals surface area contributed by atoms with Gasteiger partial charge in [-0.25, -0.2) is 0 Å². The molecule has 0 spiro atoms. The summed E-state index contributed by atoms with van der Waals surface area (Å²) in [4.78, 5) is 3.78. The van der Waals surface area contributed by atoms with E-state index in [-0.39, 0.29) is 21.8 Å². The fourth-order valence-electron chi connectivity index (χ4n) is 0.753. The van der Waals surface area contributed by atoms with Crippen LogP contribution in [-0.4, -0.2) is 24.8 Å². The van der Waals surface area contributed by atoms with Gasteiger partial charge in [0.25, 0.3) is 5.88 Å². The smallest absolute Gasteiger partial charge is 0.504 e. The lowest BCUT2D eigenvalue weighted by atomic mass is 10.3. The van der Waals surface area contributed by atoms with Crippen molar-refractivity contribution in [2.24, 2.45) is 0 Å². The Balaban J connectivity index is 3.09. The van der Waals surface area contributed by atoms with Crippen molar-refractivity contribution < 1.29 is 14.4 Å². The summed E-state index contributed by atoms with van der Waals surface area (Å²) >= 11 is 11.3. The standard InChI is InChI=1S/C6H6BCl2NO3/c1-12-6-4(13-7-11)2-3(8)5(9)10-6/h2,7,11H,1H3. The van der Waals surface area contributed by atoms with E-state index in [2.05, 4.69) is 4.98 Å². The van der Waals surface area contributed by atoms with E-state index in [1.54, 1.807) is 0 Å². The number of pyridine rings is 1. The first kappa shape index (κ1) is 10.4. The van der Waals surface area contributed by atoms with Crippen LogP contribution in [0.4, 0.5) is 0 Å². The highest BCUT2D eigenvalue weighted by molar-refractivity contribution is 6.41. The first-order chi connectivity index (χ1) is 6.19. The van der Waals surface area contributed by atoms with E-state index in [1.807, 2.05) is 0 Å². The molecule has 0 aliphatic carbocycles. The average molecular weight is 222 g/mol. The lowest BCUT2D eigenvalue weighted by Gasteiger charge is -2.08. The Kier molecular flexibility index (Phi) is 3.65. The number of hydrogen-bond donors (Lipinski definition) is 1. The molecule has 0 aliphatic heterocycles. The SMILES string of the molecule is COc1nc(Cl)c(Cl)cc1OBO. The third-order valence-electron chi connectivity index (χ3n) is 1.28. The summed E-state index contributed by atoms with van der Waals surface area (Å²) in [6, 6.07) is 1.42. The first-order valence-electron chi connectivity index (χ1n) is 3.32. The number of methoxy groups -OCH3 is 1. The summed E-state index contributed by atoms with van der Waals surface area (Å²) in [6.07, 6.45) is 0. The van der Waals surface area contributed by atoms with Crippen molar-refractivity contribution in [3.63, 3.8) is 0 Å². The van der Waals surface area contributed by atoms with Gasteiger partial charge in [-0.2, -0.15) is 4.98 Å². The van der Waals surface area contributed by atoms with E-state index in [4.69, 9.17) is 37.6 Å². The van der Waals surface area contributed by atoms with E-state index >= 15 is 0 Å². The maximum atomic E-state index is 8.52. The van der Waals surface area contributed by atoms with E-state index in [0.717, 1.165) is 0 Å².